The monoisotopic (exact) mass is 364 g/mol. The SMILES string of the molecule is CN=C(NCc1ccc(F)c(CN(C)C)c1)NCC1(CCOC)CCC1. The highest BCUT2D eigenvalue weighted by Gasteiger charge is 2.36. The first-order valence-corrected chi connectivity index (χ1v) is 9.33. The highest BCUT2D eigenvalue weighted by Crippen LogP contribution is 2.43. The molecule has 1 aromatic carbocycles. The Morgan fingerprint density at radius 3 is 2.65 bits per heavy atom. The van der Waals surface area contributed by atoms with Gasteiger partial charge < -0.3 is 20.3 Å². The smallest absolute Gasteiger partial charge is 0.191 e. The minimum absolute atomic E-state index is 0.157. The molecule has 5 nitrogen and oxygen atoms in total. The van der Waals surface area contributed by atoms with Crippen molar-refractivity contribution in [3.63, 3.8) is 0 Å². The highest BCUT2D eigenvalue weighted by atomic mass is 19.1. The van der Waals surface area contributed by atoms with Crippen molar-refractivity contribution < 1.29 is 9.13 Å². The number of methoxy groups -OCH3 is 1. The summed E-state index contributed by atoms with van der Waals surface area (Å²) in [6.45, 7) is 2.92. The van der Waals surface area contributed by atoms with Gasteiger partial charge >= 0.3 is 0 Å². The first-order chi connectivity index (χ1) is 12.5. The summed E-state index contributed by atoms with van der Waals surface area (Å²) < 4.78 is 19.2. The van der Waals surface area contributed by atoms with Gasteiger partial charge in [-0.15, -0.1) is 0 Å². The van der Waals surface area contributed by atoms with E-state index in [-0.39, 0.29) is 5.82 Å². The van der Waals surface area contributed by atoms with E-state index in [0.717, 1.165) is 31.1 Å². The molecule has 0 aromatic heterocycles. The zero-order chi connectivity index (χ0) is 19.0. The van der Waals surface area contributed by atoms with E-state index in [0.29, 0.717) is 24.1 Å². The van der Waals surface area contributed by atoms with Crippen LogP contribution in [0.3, 0.4) is 0 Å². The molecule has 0 saturated heterocycles. The van der Waals surface area contributed by atoms with Crippen molar-refractivity contribution in [2.45, 2.75) is 38.8 Å². The number of halogens is 1. The Hall–Kier alpha value is -1.66. The maximum atomic E-state index is 13.9. The number of hydrogen-bond acceptors (Lipinski definition) is 3. The number of nitrogens with zero attached hydrogens (tertiary/aromatic N) is 2. The molecule has 1 fully saturated rings. The molecule has 0 heterocycles. The third-order valence-electron chi connectivity index (χ3n) is 5.16. The van der Waals surface area contributed by atoms with Crippen molar-refractivity contribution in [3.8, 4) is 0 Å². The molecule has 1 aromatic rings. The fraction of sp³-hybridized carbons (Fsp3) is 0.650. The number of aliphatic imine (C=N–C) groups is 1. The van der Waals surface area contributed by atoms with Crippen LogP contribution < -0.4 is 10.6 Å². The van der Waals surface area contributed by atoms with Crippen molar-refractivity contribution in [2.75, 3.05) is 41.4 Å². The summed E-state index contributed by atoms with van der Waals surface area (Å²) in [5.74, 6) is 0.627. The van der Waals surface area contributed by atoms with E-state index in [2.05, 4.69) is 15.6 Å². The summed E-state index contributed by atoms with van der Waals surface area (Å²) in [6.07, 6.45) is 4.86. The Labute approximate surface area is 157 Å². The van der Waals surface area contributed by atoms with Crippen molar-refractivity contribution in [3.05, 3.63) is 35.1 Å². The van der Waals surface area contributed by atoms with Gasteiger partial charge in [0.05, 0.1) is 0 Å². The molecule has 6 heteroatoms. The van der Waals surface area contributed by atoms with Crippen molar-refractivity contribution in [1.82, 2.24) is 15.5 Å². The van der Waals surface area contributed by atoms with E-state index in [1.165, 1.54) is 19.3 Å². The normalized spacial score (nSPS) is 16.5. The van der Waals surface area contributed by atoms with Crippen LogP contribution >= 0.6 is 0 Å². The molecule has 1 aliphatic carbocycles. The van der Waals surface area contributed by atoms with Gasteiger partial charge in [0.1, 0.15) is 5.82 Å². The summed E-state index contributed by atoms with van der Waals surface area (Å²) in [5, 5.41) is 6.78. The van der Waals surface area contributed by atoms with Gasteiger partial charge in [0, 0.05) is 46.0 Å². The number of nitrogens with one attached hydrogen (secondary N) is 2. The first kappa shape index (κ1) is 20.6. The molecule has 0 unspecified atom stereocenters. The summed E-state index contributed by atoms with van der Waals surface area (Å²) in [7, 11) is 7.42. The van der Waals surface area contributed by atoms with Gasteiger partial charge in [-0.2, -0.15) is 0 Å². The number of rotatable bonds is 9. The van der Waals surface area contributed by atoms with Gasteiger partial charge in [-0.25, -0.2) is 4.39 Å². The third-order valence-corrected chi connectivity index (χ3v) is 5.16. The molecule has 0 bridgehead atoms. The van der Waals surface area contributed by atoms with Gasteiger partial charge in [0.2, 0.25) is 0 Å². The van der Waals surface area contributed by atoms with Gasteiger partial charge in [-0.05, 0) is 56.5 Å². The highest BCUT2D eigenvalue weighted by molar-refractivity contribution is 5.79. The van der Waals surface area contributed by atoms with Crippen LogP contribution in [0.25, 0.3) is 0 Å². The Morgan fingerprint density at radius 2 is 2.08 bits per heavy atom. The van der Waals surface area contributed by atoms with Gasteiger partial charge in [-0.1, -0.05) is 12.5 Å². The second kappa shape index (κ2) is 9.88. The van der Waals surface area contributed by atoms with Crippen molar-refractivity contribution in [2.24, 2.45) is 10.4 Å². The van der Waals surface area contributed by atoms with E-state index in [1.807, 2.05) is 31.1 Å². The second-order valence-corrected chi connectivity index (χ2v) is 7.54. The average Bonchev–Trinajstić information content (AvgIpc) is 2.58. The molecule has 26 heavy (non-hydrogen) atoms. The minimum Gasteiger partial charge on any atom is -0.385 e. The van der Waals surface area contributed by atoms with Crippen LogP contribution in [-0.2, 0) is 17.8 Å². The largest absolute Gasteiger partial charge is 0.385 e. The Morgan fingerprint density at radius 1 is 1.31 bits per heavy atom. The number of guanidine groups is 1. The van der Waals surface area contributed by atoms with Gasteiger partial charge in [0.25, 0.3) is 0 Å². The fourth-order valence-corrected chi connectivity index (χ4v) is 3.39. The average molecular weight is 365 g/mol. The van der Waals surface area contributed by atoms with Gasteiger partial charge in [0.15, 0.2) is 5.96 Å². The van der Waals surface area contributed by atoms with E-state index in [9.17, 15) is 4.39 Å². The molecule has 2 rings (SSSR count). The van der Waals surface area contributed by atoms with Crippen LogP contribution in [-0.4, -0.2) is 52.3 Å². The summed E-state index contributed by atoms with van der Waals surface area (Å²) in [6, 6.07) is 5.28. The zero-order valence-corrected chi connectivity index (χ0v) is 16.6. The predicted octanol–water partition coefficient (Wildman–Crippen LogP) is 2.76. The molecule has 0 atom stereocenters. The first-order valence-electron chi connectivity index (χ1n) is 9.33. The lowest BCUT2D eigenvalue weighted by Gasteiger charge is -2.42. The van der Waals surface area contributed by atoms with Crippen LogP contribution in [0.15, 0.2) is 23.2 Å². The fourth-order valence-electron chi connectivity index (χ4n) is 3.39. The third kappa shape index (κ3) is 5.95. The molecule has 1 saturated carbocycles. The Balaban J connectivity index is 1.87. The number of benzene rings is 1. The number of hydrogen-bond donors (Lipinski definition) is 2. The molecular weight excluding hydrogens is 331 g/mol. The summed E-state index contributed by atoms with van der Waals surface area (Å²) in [5.41, 5.74) is 2.09. The molecule has 0 spiro atoms. The Bertz CT molecular complexity index is 599. The van der Waals surface area contributed by atoms with Crippen molar-refractivity contribution in [1.29, 1.82) is 0 Å². The lowest BCUT2D eigenvalue weighted by molar-refractivity contribution is 0.0732. The minimum atomic E-state index is -0.157. The maximum absolute atomic E-state index is 13.9. The van der Waals surface area contributed by atoms with Crippen LogP contribution in [0.2, 0.25) is 0 Å². The van der Waals surface area contributed by atoms with Crippen LogP contribution in [0, 0.1) is 11.2 Å². The van der Waals surface area contributed by atoms with Crippen molar-refractivity contribution >= 4 is 5.96 Å². The molecule has 0 radical (unpaired) electrons. The van der Waals surface area contributed by atoms with Crippen LogP contribution in [0.4, 0.5) is 4.39 Å². The number of ether oxygens (including phenoxy) is 1. The summed E-state index contributed by atoms with van der Waals surface area (Å²) in [4.78, 5) is 6.28. The molecular formula is C20H33FN4O. The van der Waals surface area contributed by atoms with E-state index in [4.69, 9.17) is 4.74 Å². The van der Waals surface area contributed by atoms with Crippen LogP contribution in [0.1, 0.15) is 36.8 Å². The standard InChI is InChI=1S/C20H33FN4O/c1-22-19(24-15-20(8-5-9-20)10-11-26-4)23-13-16-6-7-18(21)17(12-16)14-25(2)3/h6-7,12H,5,8-11,13-15H2,1-4H3,(H2,22,23,24). The van der Waals surface area contributed by atoms with Crippen LogP contribution in [0.5, 0.6) is 0 Å². The molecule has 1 aliphatic rings. The molecule has 0 aliphatic heterocycles. The lowest BCUT2D eigenvalue weighted by Crippen LogP contribution is -2.46. The quantitative estimate of drug-likeness (QED) is 0.523. The maximum Gasteiger partial charge on any atom is 0.191 e. The van der Waals surface area contributed by atoms with E-state index >= 15 is 0 Å². The Kier molecular flexibility index (Phi) is 7.85. The second-order valence-electron chi connectivity index (χ2n) is 7.54. The zero-order valence-electron chi connectivity index (χ0n) is 16.6. The summed E-state index contributed by atoms with van der Waals surface area (Å²) >= 11 is 0. The predicted molar refractivity (Wildman–Crippen MR) is 105 cm³/mol. The topological polar surface area (TPSA) is 48.9 Å². The molecule has 2 N–H and O–H groups in total. The molecule has 146 valence electrons. The van der Waals surface area contributed by atoms with E-state index < -0.39 is 0 Å². The van der Waals surface area contributed by atoms with Gasteiger partial charge in [-0.3, -0.25) is 4.99 Å². The van der Waals surface area contributed by atoms with E-state index in [1.54, 1.807) is 20.2 Å². The molecule has 0 amide bonds. The lowest BCUT2D eigenvalue weighted by atomic mass is 9.67.